The average Bonchev–Trinajstić information content (AvgIpc) is 2.45. The highest BCUT2D eigenvalue weighted by atomic mass is 16.6. The maximum absolute atomic E-state index is 10.9. The van der Waals surface area contributed by atoms with Gasteiger partial charge in [0.1, 0.15) is 11.3 Å². The molecule has 1 aromatic rings. The zero-order valence-corrected chi connectivity index (χ0v) is 10.8. The Kier molecular flexibility index (Phi) is 4.52. The van der Waals surface area contributed by atoms with Crippen LogP contribution in [0.5, 0.6) is 5.75 Å². The number of aromatic carboxylic acids is 1. The van der Waals surface area contributed by atoms with Crippen LogP contribution in [-0.4, -0.2) is 35.8 Å². The van der Waals surface area contributed by atoms with Crippen molar-refractivity contribution in [2.75, 3.05) is 19.8 Å². The first-order chi connectivity index (χ1) is 9.58. The Morgan fingerprint density at radius 1 is 1.45 bits per heavy atom. The second-order valence-corrected chi connectivity index (χ2v) is 4.61. The molecular weight excluding hydrogens is 266 g/mol. The van der Waals surface area contributed by atoms with E-state index in [-0.39, 0.29) is 5.56 Å². The first-order valence-electron chi connectivity index (χ1n) is 6.30. The van der Waals surface area contributed by atoms with Crippen molar-refractivity contribution in [3.8, 4) is 5.75 Å². The number of carboxylic acids is 1. The summed E-state index contributed by atoms with van der Waals surface area (Å²) in [5, 5.41) is 19.7. The fourth-order valence-corrected chi connectivity index (χ4v) is 2.06. The van der Waals surface area contributed by atoms with Crippen LogP contribution in [0.1, 0.15) is 23.2 Å². The highest BCUT2D eigenvalue weighted by molar-refractivity contribution is 5.92. The van der Waals surface area contributed by atoms with Crippen LogP contribution in [0.25, 0.3) is 0 Å². The Hall–Kier alpha value is -2.15. The summed E-state index contributed by atoms with van der Waals surface area (Å²) in [4.78, 5) is 21.0. The van der Waals surface area contributed by atoms with E-state index < -0.39 is 16.6 Å². The molecule has 1 aliphatic heterocycles. The van der Waals surface area contributed by atoms with Gasteiger partial charge in [-0.15, -0.1) is 0 Å². The summed E-state index contributed by atoms with van der Waals surface area (Å²) in [5.41, 5.74) is -0.796. The third-order valence-electron chi connectivity index (χ3n) is 3.22. The van der Waals surface area contributed by atoms with Crippen molar-refractivity contribution in [3.63, 3.8) is 0 Å². The average molecular weight is 281 g/mol. The maximum atomic E-state index is 10.9. The van der Waals surface area contributed by atoms with E-state index >= 15 is 0 Å². The monoisotopic (exact) mass is 281 g/mol. The number of benzene rings is 1. The molecule has 0 aliphatic carbocycles. The van der Waals surface area contributed by atoms with Crippen molar-refractivity contribution in [2.24, 2.45) is 5.92 Å². The molecule has 0 radical (unpaired) electrons. The molecule has 0 aromatic heterocycles. The summed E-state index contributed by atoms with van der Waals surface area (Å²) in [6, 6.07) is 3.79. The zero-order chi connectivity index (χ0) is 14.5. The molecule has 1 saturated heterocycles. The lowest BCUT2D eigenvalue weighted by Gasteiger charge is -2.22. The molecule has 0 bridgehead atoms. The fourth-order valence-electron chi connectivity index (χ4n) is 2.06. The second kappa shape index (κ2) is 6.33. The highest BCUT2D eigenvalue weighted by Crippen LogP contribution is 2.26. The highest BCUT2D eigenvalue weighted by Gasteiger charge is 2.21. The van der Waals surface area contributed by atoms with Crippen molar-refractivity contribution >= 4 is 11.7 Å². The van der Waals surface area contributed by atoms with E-state index in [1.165, 1.54) is 12.1 Å². The molecule has 108 valence electrons. The maximum Gasteiger partial charge on any atom is 0.342 e. The summed E-state index contributed by atoms with van der Waals surface area (Å²) >= 11 is 0. The van der Waals surface area contributed by atoms with E-state index in [4.69, 9.17) is 14.6 Å². The van der Waals surface area contributed by atoms with Gasteiger partial charge in [-0.25, -0.2) is 4.79 Å². The molecule has 0 unspecified atom stereocenters. The van der Waals surface area contributed by atoms with E-state index in [1.54, 1.807) is 0 Å². The van der Waals surface area contributed by atoms with Gasteiger partial charge in [-0.3, -0.25) is 10.1 Å². The van der Waals surface area contributed by atoms with Crippen molar-refractivity contribution in [2.45, 2.75) is 12.8 Å². The number of hydrogen-bond donors (Lipinski definition) is 1. The largest absolute Gasteiger partial charge is 0.493 e. The van der Waals surface area contributed by atoms with Crippen molar-refractivity contribution in [1.29, 1.82) is 0 Å². The van der Waals surface area contributed by atoms with Gasteiger partial charge in [0.25, 0.3) is 5.69 Å². The van der Waals surface area contributed by atoms with E-state index in [2.05, 4.69) is 0 Å². The number of rotatable bonds is 5. The van der Waals surface area contributed by atoms with Gasteiger partial charge in [-0.2, -0.15) is 0 Å². The van der Waals surface area contributed by atoms with Crippen LogP contribution in [0.2, 0.25) is 0 Å². The molecule has 1 N–H and O–H groups in total. The lowest BCUT2D eigenvalue weighted by molar-refractivity contribution is -0.385. The van der Waals surface area contributed by atoms with Crippen LogP contribution in [0.3, 0.4) is 0 Å². The standard InChI is InChI=1S/C13H15NO6/c15-13(16)11-2-1-10(7-12(11)14(17)18)20-8-9-3-5-19-6-4-9/h1-2,7,9H,3-6,8H2,(H,15,16). The van der Waals surface area contributed by atoms with Crippen molar-refractivity contribution < 1.29 is 24.3 Å². The molecular formula is C13H15NO6. The van der Waals surface area contributed by atoms with Crippen LogP contribution >= 0.6 is 0 Å². The Morgan fingerprint density at radius 3 is 2.75 bits per heavy atom. The third-order valence-corrected chi connectivity index (χ3v) is 3.22. The van der Waals surface area contributed by atoms with Crippen LogP contribution in [0.4, 0.5) is 5.69 Å². The van der Waals surface area contributed by atoms with E-state index in [0.29, 0.717) is 31.5 Å². The molecule has 1 fully saturated rings. The minimum Gasteiger partial charge on any atom is -0.493 e. The smallest absolute Gasteiger partial charge is 0.342 e. The van der Waals surface area contributed by atoms with Crippen LogP contribution < -0.4 is 4.74 Å². The Balaban J connectivity index is 2.06. The van der Waals surface area contributed by atoms with E-state index in [1.807, 2.05) is 0 Å². The number of ether oxygens (including phenoxy) is 2. The van der Waals surface area contributed by atoms with E-state index in [9.17, 15) is 14.9 Å². The van der Waals surface area contributed by atoms with Gasteiger partial charge < -0.3 is 14.6 Å². The van der Waals surface area contributed by atoms with Crippen LogP contribution in [0, 0.1) is 16.0 Å². The first kappa shape index (κ1) is 14.3. The second-order valence-electron chi connectivity index (χ2n) is 4.61. The molecule has 2 rings (SSSR count). The SMILES string of the molecule is O=C(O)c1ccc(OCC2CCOCC2)cc1[N+](=O)[O-]. The van der Waals surface area contributed by atoms with Gasteiger partial charge in [-0.1, -0.05) is 0 Å². The summed E-state index contributed by atoms with van der Waals surface area (Å²) in [7, 11) is 0. The van der Waals surface area contributed by atoms with Gasteiger partial charge in [-0.05, 0) is 30.9 Å². The summed E-state index contributed by atoms with van der Waals surface area (Å²) < 4.78 is 10.8. The van der Waals surface area contributed by atoms with Gasteiger partial charge in [0.15, 0.2) is 0 Å². The quantitative estimate of drug-likeness (QED) is 0.655. The molecule has 0 spiro atoms. The fraction of sp³-hybridized carbons (Fsp3) is 0.462. The normalized spacial score (nSPS) is 15.8. The number of carboxylic acid groups (broad SMARTS) is 1. The number of hydrogen-bond acceptors (Lipinski definition) is 5. The predicted octanol–water partition coefficient (Wildman–Crippen LogP) is 2.10. The lowest BCUT2D eigenvalue weighted by atomic mass is 10.0. The molecule has 0 saturated carbocycles. The Morgan fingerprint density at radius 2 is 2.15 bits per heavy atom. The molecule has 1 aromatic carbocycles. The van der Waals surface area contributed by atoms with E-state index in [0.717, 1.165) is 18.9 Å². The zero-order valence-electron chi connectivity index (χ0n) is 10.8. The number of nitrogens with zero attached hydrogens (tertiary/aromatic N) is 1. The van der Waals surface area contributed by atoms with Gasteiger partial charge in [0, 0.05) is 13.2 Å². The number of nitro benzene ring substituents is 1. The minimum atomic E-state index is -1.33. The van der Waals surface area contributed by atoms with Crippen molar-refractivity contribution in [1.82, 2.24) is 0 Å². The van der Waals surface area contributed by atoms with Crippen LogP contribution in [0.15, 0.2) is 18.2 Å². The van der Waals surface area contributed by atoms with Gasteiger partial charge in [0.2, 0.25) is 0 Å². The summed E-state index contributed by atoms with van der Waals surface area (Å²) in [6.45, 7) is 1.85. The van der Waals surface area contributed by atoms with Crippen molar-refractivity contribution in [3.05, 3.63) is 33.9 Å². The Bertz CT molecular complexity index is 510. The lowest BCUT2D eigenvalue weighted by Crippen LogP contribution is -2.21. The number of carbonyl (C=O) groups is 1. The topological polar surface area (TPSA) is 98.9 Å². The summed E-state index contributed by atoms with van der Waals surface area (Å²) in [6.07, 6.45) is 1.80. The Labute approximate surface area is 115 Å². The third kappa shape index (κ3) is 3.45. The molecule has 0 amide bonds. The molecule has 20 heavy (non-hydrogen) atoms. The van der Waals surface area contributed by atoms with Gasteiger partial charge in [0.05, 0.1) is 17.6 Å². The first-order valence-corrected chi connectivity index (χ1v) is 6.30. The summed E-state index contributed by atoms with van der Waals surface area (Å²) in [5.74, 6) is -0.650. The predicted molar refractivity (Wildman–Crippen MR) is 69.1 cm³/mol. The molecule has 7 heteroatoms. The van der Waals surface area contributed by atoms with Gasteiger partial charge >= 0.3 is 5.97 Å². The molecule has 0 atom stereocenters. The molecule has 1 heterocycles. The molecule has 1 aliphatic rings. The van der Waals surface area contributed by atoms with Crippen LogP contribution in [-0.2, 0) is 4.74 Å². The molecule has 7 nitrogen and oxygen atoms in total. The minimum absolute atomic E-state index is 0.313. The number of nitro groups is 1.